The molecule has 1 saturated heterocycles. The van der Waals surface area contributed by atoms with Gasteiger partial charge >= 0.3 is 16.4 Å². The molecule has 0 aromatic carbocycles. The van der Waals surface area contributed by atoms with Gasteiger partial charge in [0.05, 0.1) is 0 Å². The molecular formula is C4F6OS2. The summed E-state index contributed by atoms with van der Waals surface area (Å²) in [6, 6.07) is 0. The monoisotopic (exact) mass is 242 g/mol. The molecule has 1 nitrogen and oxygen atoms in total. The molecule has 1 unspecified atom stereocenters. The highest BCUT2D eigenvalue weighted by molar-refractivity contribution is 8.42. The topological polar surface area (TPSA) is 17.1 Å². The molecule has 0 radical (unpaired) electrons. The summed E-state index contributed by atoms with van der Waals surface area (Å²) in [6.45, 7) is 0. The van der Waals surface area contributed by atoms with Crippen molar-refractivity contribution >= 4 is 28.0 Å². The van der Waals surface area contributed by atoms with Crippen LogP contribution in [0.25, 0.3) is 0 Å². The van der Waals surface area contributed by atoms with Crippen molar-refractivity contribution in [2.24, 2.45) is 0 Å². The van der Waals surface area contributed by atoms with Crippen molar-refractivity contribution in [2.75, 3.05) is 0 Å². The highest BCUT2D eigenvalue weighted by atomic mass is 32.2. The lowest BCUT2D eigenvalue weighted by Gasteiger charge is -2.25. The van der Waals surface area contributed by atoms with Crippen LogP contribution < -0.4 is 0 Å². The molecule has 0 amide bonds. The van der Waals surface area contributed by atoms with Crippen molar-refractivity contribution in [1.82, 2.24) is 0 Å². The summed E-state index contributed by atoms with van der Waals surface area (Å²) < 4.78 is 71.2. The lowest BCUT2D eigenvalue weighted by atomic mass is 10.4. The Morgan fingerprint density at radius 2 is 1.54 bits per heavy atom. The first-order valence-electron chi connectivity index (χ1n) is 2.65. The van der Waals surface area contributed by atoms with Crippen LogP contribution in [0.5, 0.6) is 0 Å². The van der Waals surface area contributed by atoms with Gasteiger partial charge in [0.25, 0.3) is 4.45 Å². The summed E-state index contributed by atoms with van der Waals surface area (Å²) in [5.74, 6) is 0. The van der Waals surface area contributed by atoms with Crippen LogP contribution in [-0.4, -0.2) is 20.9 Å². The van der Waals surface area contributed by atoms with Crippen LogP contribution in [0.3, 0.4) is 0 Å². The Bertz CT molecular complexity index is 250. The van der Waals surface area contributed by atoms with Crippen LogP contribution in [0, 0.1) is 0 Å². The third-order valence-electron chi connectivity index (χ3n) is 1.17. The molecule has 0 aliphatic carbocycles. The van der Waals surface area contributed by atoms with E-state index in [-0.39, 0.29) is 0 Å². The maximum Gasteiger partial charge on any atom is 0.439 e. The molecule has 1 aliphatic rings. The van der Waals surface area contributed by atoms with Gasteiger partial charge in [-0.25, -0.2) is 4.39 Å². The number of thioether (sulfide) groups is 2. The van der Waals surface area contributed by atoms with Crippen molar-refractivity contribution in [1.29, 1.82) is 0 Å². The van der Waals surface area contributed by atoms with Gasteiger partial charge in [-0.15, -0.1) is 0 Å². The van der Waals surface area contributed by atoms with Gasteiger partial charge in [0.15, 0.2) is 0 Å². The van der Waals surface area contributed by atoms with E-state index in [4.69, 9.17) is 0 Å². The van der Waals surface area contributed by atoms with E-state index in [0.717, 1.165) is 0 Å². The quantitative estimate of drug-likeness (QED) is 0.606. The summed E-state index contributed by atoms with van der Waals surface area (Å²) in [7, 11) is 0. The highest BCUT2D eigenvalue weighted by Gasteiger charge is 2.77. The largest absolute Gasteiger partial charge is 0.439 e. The molecule has 0 N–H and O–H groups in total. The fourth-order valence-corrected chi connectivity index (χ4v) is 2.58. The Morgan fingerprint density at radius 3 is 1.69 bits per heavy atom. The summed E-state index contributed by atoms with van der Waals surface area (Å²) in [4.78, 5) is 10.2. The second-order valence-corrected chi connectivity index (χ2v) is 4.55. The van der Waals surface area contributed by atoms with Gasteiger partial charge in [-0.05, 0) is 11.8 Å². The van der Waals surface area contributed by atoms with Crippen LogP contribution in [0.1, 0.15) is 0 Å². The van der Waals surface area contributed by atoms with Crippen molar-refractivity contribution in [3.63, 3.8) is 0 Å². The fraction of sp³-hybridized carbons (Fsp3) is 0.750. The first kappa shape index (κ1) is 11.0. The van der Waals surface area contributed by atoms with Gasteiger partial charge in [0.2, 0.25) is 0 Å². The normalized spacial score (nSPS) is 33.8. The summed E-state index contributed by atoms with van der Waals surface area (Å²) in [6.07, 6.45) is -5.76. The Morgan fingerprint density at radius 1 is 1.08 bits per heavy atom. The Hall–Kier alpha value is -0.0500. The number of halogens is 6. The van der Waals surface area contributed by atoms with E-state index < -0.39 is 44.4 Å². The minimum atomic E-state index is -5.76. The standard InChI is InChI=1S/C4F6OS2/c5-2(3(6,7)8)4(9,10)13-1(11)12-2. The fourth-order valence-electron chi connectivity index (χ4n) is 0.588. The average Bonchev–Trinajstić information content (AvgIpc) is 2.00. The van der Waals surface area contributed by atoms with E-state index in [1.807, 2.05) is 0 Å². The molecule has 1 fully saturated rings. The molecule has 0 aromatic rings. The summed E-state index contributed by atoms with van der Waals surface area (Å²) >= 11 is -1.98. The Balaban J connectivity index is 3.10. The summed E-state index contributed by atoms with van der Waals surface area (Å²) in [5.41, 5.74) is 0. The zero-order valence-corrected chi connectivity index (χ0v) is 7.13. The molecule has 1 heterocycles. The predicted octanol–water partition coefficient (Wildman–Crippen LogP) is 3.41. The number of carbonyl (C=O) groups excluding carboxylic acids is 1. The van der Waals surface area contributed by atoms with E-state index in [9.17, 15) is 31.1 Å². The third-order valence-corrected chi connectivity index (χ3v) is 3.44. The van der Waals surface area contributed by atoms with Gasteiger partial charge in [0.1, 0.15) is 0 Å². The molecule has 0 saturated carbocycles. The van der Waals surface area contributed by atoms with Crippen molar-refractivity contribution in [2.45, 2.75) is 16.4 Å². The van der Waals surface area contributed by atoms with Gasteiger partial charge in [-0.2, -0.15) is 22.0 Å². The molecule has 0 bridgehead atoms. The van der Waals surface area contributed by atoms with Crippen LogP contribution in [0.15, 0.2) is 0 Å². The predicted molar refractivity (Wildman–Crippen MR) is 35.4 cm³/mol. The maximum atomic E-state index is 12.7. The second kappa shape index (κ2) is 2.72. The SMILES string of the molecule is O=C1SC(F)(F)C(F)(C(F)(F)F)S1. The number of hydrogen-bond acceptors (Lipinski definition) is 3. The molecule has 1 aliphatic heterocycles. The Kier molecular flexibility index (Phi) is 2.31. The van der Waals surface area contributed by atoms with Crippen LogP contribution >= 0.6 is 23.5 Å². The first-order chi connectivity index (χ1) is 5.60. The average molecular weight is 242 g/mol. The highest BCUT2D eigenvalue weighted by Crippen LogP contribution is 2.64. The summed E-state index contributed by atoms with van der Waals surface area (Å²) in [5, 5.41) is -9.56. The minimum absolute atomic E-state index is 0.948. The third kappa shape index (κ3) is 1.51. The molecule has 0 spiro atoms. The van der Waals surface area contributed by atoms with Crippen LogP contribution in [0.2, 0.25) is 0 Å². The van der Waals surface area contributed by atoms with Crippen molar-refractivity contribution in [3.05, 3.63) is 0 Å². The minimum Gasteiger partial charge on any atom is -0.274 e. The van der Waals surface area contributed by atoms with E-state index in [1.165, 1.54) is 0 Å². The van der Waals surface area contributed by atoms with E-state index in [2.05, 4.69) is 0 Å². The molecular weight excluding hydrogens is 242 g/mol. The van der Waals surface area contributed by atoms with E-state index in [0.29, 0.717) is 0 Å². The molecule has 1 atom stereocenters. The maximum absolute atomic E-state index is 12.7. The molecule has 0 aromatic heterocycles. The van der Waals surface area contributed by atoms with Crippen LogP contribution in [0.4, 0.5) is 31.1 Å². The van der Waals surface area contributed by atoms with E-state index >= 15 is 0 Å². The van der Waals surface area contributed by atoms with Crippen molar-refractivity contribution in [3.8, 4) is 0 Å². The van der Waals surface area contributed by atoms with Gasteiger partial charge in [-0.3, -0.25) is 4.79 Å². The lowest BCUT2D eigenvalue weighted by molar-refractivity contribution is -0.235. The molecule has 76 valence electrons. The molecule has 13 heavy (non-hydrogen) atoms. The molecule has 9 heteroatoms. The van der Waals surface area contributed by atoms with Crippen molar-refractivity contribution < 1.29 is 31.1 Å². The number of hydrogen-bond donors (Lipinski definition) is 0. The van der Waals surface area contributed by atoms with Gasteiger partial charge in [-0.1, -0.05) is 0 Å². The molecule has 1 rings (SSSR count). The van der Waals surface area contributed by atoms with Gasteiger partial charge in [0, 0.05) is 11.8 Å². The zero-order valence-electron chi connectivity index (χ0n) is 5.49. The smallest absolute Gasteiger partial charge is 0.274 e. The second-order valence-electron chi connectivity index (χ2n) is 2.06. The van der Waals surface area contributed by atoms with Gasteiger partial charge < -0.3 is 0 Å². The number of alkyl halides is 6. The lowest BCUT2D eigenvalue weighted by Crippen LogP contribution is -2.47. The Labute approximate surface area is 76.2 Å². The first-order valence-corrected chi connectivity index (χ1v) is 4.29. The van der Waals surface area contributed by atoms with Crippen LogP contribution in [-0.2, 0) is 0 Å². The zero-order chi connectivity index (χ0) is 10.5. The van der Waals surface area contributed by atoms with E-state index in [1.54, 1.807) is 0 Å². The number of rotatable bonds is 0. The number of carbonyl (C=O) groups is 1.